The number of pyridine rings is 1. The maximum atomic E-state index is 13.5. The van der Waals surface area contributed by atoms with Gasteiger partial charge in [0.25, 0.3) is 5.91 Å². The third kappa shape index (κ3) is 10.8. The van der Waals surface area contributed by atoms with Gasteiger partial charge in [0.15, 0.2) is 14.9 Å². The van der Waals surface area contributed by atoms with E-state index < -0.39 is 55.2 Å². The van der Waals surface area contributed by atoms with E-state index in [1.54, 1.807) is 48.5 Å². The van der Waals surface area contributed by atoms with Gasteiger partial charge in [0, 0.05) is 23.7 Å². The van der Waals surface area contributed by atoms with Crippen molar-refractivity contribution >= 4 is 31.7 Å². The standard InChI is InChI=1S/C30H38N4O7S2/c1-30(2,3)33-28(36)23-15-9-8-14-22(23)19-26(35)24(18-21-12-6-5-7-13-21)32-29(37)25(34-42(4,38)39)20-43(40,41)27-16-10-11-17-31-27/h5-17,24-26,34-35H,18-20H2,1-4H3,(H,32,37)(H,33,36)/t24-,25-,26+/m0/s1. The van der Waals surface area contributed by atoms with Gasteiger partial charge in [-0.05, 0) is 56.5 Å². The first kappa shape index (κ1) is 33.8. The molecule has 3 atom stereocenters. The third-order valence-electron chi connectivity index (χ3n) is 6.29. The maximum absolute atomic E-state index is 13.5. The number of hydrogen-bond donors (Lipinski definition) is 4. The Hall–Kier alpha value is -3.65. The lowest BCUT2D eigenvalue weighted by atomic mass is 9.93. The van der Waals surface area contributed by atoms with Crippen LogP contribution in [0.1, 0.15) is 42.3 Å². The first-order chi connectivity index (χ1) is 20.0. The fourth-order valence-corrected chi connectivity index (χ4v) is 6.55. The summed E-state index contributed by atoms with van der Waals surface area (Å²) in [5.41, 5.74) is 1.16. The molecule has 3 rings (SSSR count). The van der Waals surface area contributed by atoms with Crippen molar-refractivity contribution in [3.8, 4) is 0 Å². The van der Waals surface area contributed by atoms with Crippen LogP contribution in [0.5, 0.6) is 0 Å². The normalized spacial score (nSPS) is 14.3. The Kier molecular flexibility index (Phi) is 11.2. The largest absolute Gasteiger partial charge is 0.391 e. The molecule has 0 spiro atoms. The molecule has 13 heteroatoms. The minimum atomic E-state index is -4.18. The van der Waals surface area contributed by atoms with Crippen LogP contribution in [0.25, 0.3) is 0 Å². The summed E-state index contributed by atoms with van der Waals surface area (Å²) in [5, 5.41) is 16.7. The van der Waals surface area contributed by atoms with Crippen LogP contribution in [0, 0.1) is 0 Å². The third-order valence-corrected chi connectivity index (χ3v) is 8.65. The number of carbonyl (C=O) groups is 2. The van der Waals surface area contributed by atoms with Crippen LogP contribution in [0.15, 0.2) is 84.0 Å². The first-order valence-corrected chi connectivity index (χ1v) is 17.1. The lowest BCUT2D eigenvalue weighted by Crippen LogP contribution is -2.55. The molecule has 11 nitrogen and oxygen atoms in total. The van der Waals surface area contributed by atoms with Crippen molar-refractivity contribution in [3.05, 3.63) is 95.7 Å². The molecule has 43 heavy (non-hydrogen) atoms. The summed E-state index contributed by atoms with van der Waals surface area (Å²) < 4.78 is 52.4. The van der Waals surface area contributed by atoms with E-state index in [4.69, 9.17) is 0 Å². The monoisotopic (exact) mass is 630 g/mol. The molecular weight excluding hydrogens is 592 g/mol. The molecule has 0 aliphatic heterocycles. The van der Waals surface area contributed by atoms with E-state index in [0.717, 1.165) is 11.8 Å². The topological polar surface area (TPSA) is 172 Å². The molecule has 1 aromatic heterocycles. The molecule has 2 amide bonds. The van der Waals surface area contributed by atoms with Crippen molar-refractivity contribution in [2.45, 2.75) is 62.4 Å². The number of benzene rings is 2. The number of hydrogen-bond acceptors (Lipinski definition) is 8. The summed E-state index contributed by atoms with van der Waals surface area (Å²) in [6.07, 6.45) is 0.970. The number of nitrogens with one attached hydrogen (secondary N) is 3. The lowest BCUT2D eigenvalue weighted by Gasteiger charge is -2.28. The van der Waals surface area contributed by atoms with E-state index in [2.05, 4.69) is 20.3 Å². The van der Waals surface area contributed by atoms with E-state index >= 15 is 0 Å². The summed E-state index contributed by atoms with van der Waals surface area (Å²) in [7, 11) is -8.20. The molecule has 0 radical (unpaired) electrons. The molecule has 4 N–H and O–H groups in total. The number of sulfone groups is 1. The molecule has 0 unspecified atom stereocenters. The summed E-state index contributed by atoms with van der Waals surface area (Å²) in [4.78, 5) is 30.3. The predicted molar refractivity (Wildman–Crippen MR) is 164 cm³/mol. The zero-order chi connectivity index (χ0) is 31.8. The number of rotatable bonds is 13. The van der Waals surface area contributed by atoms with E-state index in [1.165, 1.54) is 24.4 Å². The number of nitrogens with zero attached hydrogens (tertiary/aromatic N) is 1. The number of aliphatic hydroxyl groups is 1. The number of carbonyl (C=O) groups excluding carboxylic acids is 2. The van der Waals surface area contributed by atoms with Crippen LogP contribution in [-0.4, -0.2) is 74.5 Å². The van der Waals surface area contributed by atoms with Crippen LogP contribution in [0.4, 0.5) is 0 Å². The Balaban J connectivity index is 1.91. The second-order valence-electron chi connectivity index (χ2n) is 11.3. The number of aliphatic hydroxyl groups excluding tert-OH is 1. The molecule has 0 aliphatic carbocycles. The average molecular weight is 631 g/mol. The quantitative estimate of drug-likeness (QED) is 0.221. The van der Waals surface area contributed by atoms with Gasteiger partial charge in [-0.15, -0.1) is 0 Å². The molecule has 1 heterocycles. The fourth-order valence-electron chi connectivity index (χ4n) is 4.39. The molecule has 0 saturated carbocycles. The molecule has 0 bridgehead atoms. The highest BCUT2D eigenvalue weighted by molar-refractivity contribution is 7.91. The Morgan fingerprint density at radius 2 is 1.51 bits per heavy atom. The predicted octanol–water partition coefficient (Wildman–Crippen LogP) is 1.63. The summed E-state index contributed by atoms with van der Waals surface area (Å²) in [6.45, 7) is 5.55. The molecule has 0 saturated heterocycles. The lowest BCUT2D eigenvalue weighted by molar-refractivity contribution is -0.123. The van der Waals surface area contributed by atoms with Gasteiger partial charge in [-0.25, -0.2) is 26.5 Å². The van der Waals surface area contributed by atoms with Gasteiger partial charge >= 0.3 is 0 Å². The van der Waals surface area contributed by atoms with E-state index in [9.17, 15) is 31.5 Å². The molecule has 0 aliphatic rings. The molecule has 0 fully saturated rings. The van der Waals surface area contributed by atoms with Crippen LogP contribution in [-0.2, 0) is 37.5 Å². The van der Waals surface area contributed by atoms with Gasteiger partial charge < -0.3 is 15.7 Å². The number of sulfonamides is 1. The molecular formula is C30H38N4O7S2. The van der Waals surface area contributed by atoms with E-state index in [-0.39, 0.29) is 23.8 Å². The van der Waals surface area contributed by atoms with Crippen molar-refractivity contribution in [1.82, 2.24) is 20.3 Å². The fraction of sp³-hybridized carbons (Fsp3) is 0.367. The smallest absolute Gasteiger partial charge is 0.251 e. The Labute approximate surface area is 253 Å². The number of aromatic nitrogens is 1. The van der Waals surface area contributed by atoms with Crippen molar-refractivity contribution in [2.75, 3.05) is 12.0 Å². The van der Waals surface area contributed by atoms with Crippen molar-refractivity contribution in [2.24, 2.45) is 0 Å². The molecule has 2 aromatic carbocycles. The second-order valence-corrected chi connectivity index (χ2v) is 15.1. The zero-order valence-corrected chi connectivity index (χ0v) is 26.2. The Morgan fingerprint density at radius 1 is 0.884 bits per heavy atom. The van der Waals surface area contributed by atoms with Gasteiger partial charge in [0.1, 0.15) is 6.04 Å². The van der Waals surface area contributed by atoms with Gasteiger partial charge in [-0.1, -0.05) is 54.6 Å². The van der Waals surface area contributed by atoms with Crippen LogP contribution < -0.4 is 15.4 Å². The van der Waals surface area contributed by atoms with Gasteiger partial charge in [-0.2, -0.15) is 0 Å². The van der Waals surface area contributed by atoms with Gasteiger partial charge in [0.05, 0.1) is 24.2 Å². The van der Waals surface area contributed by atoms with Crippen LogP contribution in [0.3, 0.4) is 0 Å². The highest BCUT2D eigenvalue weighted by atomic mass is 32.2. The molecule has 3 aromatic rings. The van der Waals surface area contributed by atoms with Gasteiger partial charge in [-0.3, -0.25) is 9.59 Å². The van der Waals surface area contributed by atoms with Crippen LogP contribution >= 0.6 is 0 Å². The summed E-state index contributed by atoms with van der Waals surface area (Å²) >= 11 is 0. The SMILES string of the molecule is CC(C)(C)NC(=O)c1ccccc1C[C@@H](O)[C@H](Cc1ccccc1)NC(=O)[C@H](CS(=O)(=O)c1ccccn1)NS(C)(=O)=O. The van der Waals surface area contributed by atoms with Gasteiger partial charge in [0.2, 0.25) is 15.9 Å². The number of amides is 2. The van der Waals surface area contributed by atoms with Crippen LogP contribution in [0.2, 0.25) is 0 Å². The Morgan fingerprint density at radius 3 is 2.12 bits per heavy atom. The highest BCUT2D eigenvalue weighted by Gasteiger charge is 2.33. The van der Waals surface area contributed by atoms with Crippen molar-refractivity contribution < 1.29 is 31.5 Å². The van der Waals surface area contributed by atoms with E-state index in [1.807, 2.05) is 26.8 Å². The van der Waals surface area contributed by atoms with E-state index in [0.29, 0.717) is 11.1 Å². The Bertz CT molecular complexity index is 1610. The summed E-state index contributed by atoms with van der Waals surface area (Å²) in [6, 6.07) is 17.3. The maximum Gasteiger partial charge on any atom is 0.251 e. The zero-order valence-electron chi connectivity index (χ0n) is 24.5. The highest BCUT2D eigenvalue weighted by Crippen LogP contribution is 2.17. The second kappa shape index (κ2) is 14.2. The first-order valence-electron chi connectivity index (χ1n) is 13.6. The van der Waals surface area contributed by atoms with Crippen molar-refractivity contribution in [1.29, 1.82) is 0 Å². The minimum absolute atomic E-state index is 0.0259. The van der Waals surface area contributed by atoms with Crippen molar-refractivity contribution in [3.63, 3.8) is 0 Å². The average Bonchev–Trinajstić information content (AvgIpc) is 2.92. The minimum Gasteiger partial charge on any atom is -0.391 e. The summed E-state index contributed by atoms with van der Waals surface area (Å²) in [5.74, 6) is -2.16. The molecule has 232 valence electrons.